The maximum absolute atomic E-state index is 13.7. The van der Waals surface area contributed by atoms with E-state index < -0.39 is 6.04 Å². The Morgan fingerprint density at radius 3 is 2.84 bits per heavy atom. The Bertz CT molecular complexity index is 1560. The highest BCUT2D eigenvalue weighted by atomic mass is 32.1. The number of benzene rings is 2. The van der Waals surface area contributed by atoms with Crippen LogP contribution in [-0.2, 0) is 17.8 Å². The lowest BCUT2D eigenvalue weighted by Crippen LogP contribution is -2.39. The van der Waals surface area contributed by atoms with Crippen molar-refractivity contribution in [2.75, 3.05) is 13.2 Å². The summed E-state index contributed by atoms with van der Waals surface area (Å²) in [6.45, 7) is 4.67. The van der Waals surface area contributed by atoms with Crippen LogP contribution in [0.1, 0.15) is 46.3 Å². The van der Waals surface area contributed by atoms with Gasteiger partial charge < -0.3 is 9.72 Å². The molecule has 6 rings (SSSR count). The van der Waals surface area contributed by atoms with Crippen molar-refractivity contribution in [2.45, 2.75) is 45.0 Å². The Kier molecular flexibility index (Phi) is 7.13. The Morgan fingerprint density at radius 2 is 2.05 bits per heavy atom. The van der Waals surface area contributed by atoms with Crippen molar-refractivity contribution in [1.82, 2.24) is 30.1 Å². The third-order valence-corrected chi connectivity index (χ3v) is 7.93. The molecule has 2 atom stereocenters. The standard InChI is InChI=1S/C29H30N6O2S/c1-20-11-12-26-22(15-20)16-25(29(36)30-26)27(28-31-32-33-35(28)17-21-7-3-2-4-8-21)34(18-23-9-5-13-37-23)19-24-10-6-14-38-24/h2-4,6-8,10-12,14-16,23,27H,5,9,13,17-19H2,1H3,(H,30,36). The van der Waals surface area contributed by atoms with Crippen LogP contribution in [0.15, 0.2) is 76.9 Å². The minimum Gasteiger partial charge on any atom is -0.377 e. The highest BCUT2D eigenvalue weighted by molar-refractivity contribution is 7.09. The second-order valence-corrected chi connectivity index (χ2v) is 10.9. The topological polar surface area (TPSA) is 88.9 Å². The van der Waals surface area contributed by atoms with Crippen LogP contribution in [0.3, 0.4) is 0 Å². The molecule has 2 aromatic carbocycles. The van der Waals surface area contributed by atoms with E-state index in [0.29, 0.717) is 31.0 Å². The molecule has 1 saturated heterocycles. The lowest BCUT2D eigenvalue weighted by atomic mass is 10.0. The minimum absolute atomic E-state index is 0.0951. The molecule has 1 aliphatic rings. The molecule has 194 valence electrons. The zero-order valence-corrected chi connectivity index (χ0v) is 22.1. The number of aromatic amines is 1. The predicted molar refractivity (Wildman–Crippen MR) is 148 cm³/mol. The minimum atomic E-state index is -0.464. The number of hydrogen-bond acceptors (Lipinski definition) is 7. The smallest absolute Gasteiger partial charge is 0.253 e. The number of aromatic nitrogens is 5. The summed E-state index contributed by atoms with van der Waals surface area (Å²) >= 11 is 1.71. The van der Waals surface area contributed by atoms with Gasteiger partial charge in [0.25, 0.3) is 5.56 Å². The molecular formula is C29H30N6O2S. The molecule has 0 bridgehead atoms. The predicted octanol–water partition coefficient (Wildman–Crippen LogP) is 4.70. The van der Waals surface area contributed by atoms with Crippen molar-refractivity contribution in [3.63, 3.8) is 0 Å². The Balaban J connectivity index is 1.49. The van der Waals surface area contributed by atoms with Gasteiger partial charge >= 0.3 is 0 Å². The van der Waals surface area contributed by atoms with Crippen LogP contribution >= 0.6 is 11.3 Å². The Morgan fingerprint density at radius 1 is 1.16 bits per heavy atom. The van der Waals surface area contributed by atoms with Gasteiger partial charge in [-0.15, -0.1) is 16.4 Å². The van der Waals surface area contributed by atoms with Crippen LogP contribution in [0.25, 0.3) is 10.9 Å². The lowest BCUT2D eigenvalue weighted by molar-refractivity contribution is 0.0578. The number of tetrazole rings is 1. The van der Waals surface area contributed by atoms with Crippen molar-refractivity contribution in [2.24, 2.45) is 0 Å². The monoisotopic (exact) mass is 526 g/mol. The summed E-state index contributed by atoms with van der Waals surface area (Å²) in [5, 5.41) is 16.0. The zero-order valence-electron chi connectivity index (χ0n) is 21.3. The second kappa shape index (κ2) is 11.0. The van der Waals surface area contributed by atoms with Gasteiger partial charge in [-0.3, -0.25) is 9.69 Å². The summed E-state index contributed by atoms with van der Waals surface area (Å²) < 4.78 is 7.88. The SMILES string of the molecule is Cc1ccc2[nH]c(=O)c(C(c3nnnn3Cc3ccccc3)N(Cc3cccs3)CC3CCCO3)cc2c1. The molecule has 1 N–H and O–H groups in total. The van der Waals surface area contributed by atoms with Crippen LogP contribution in [0.2, 0.25) is 0 Å². The van der Waals surface area contributed by atoms with Crippen molar-refractivity contribution >= 4 is 22.2 Å². The van der Waals surface area contributed by atoms with Crippen molar-refractivity contribution < 1.29 is 4.74 Å². The molecule has 0 radical (unpaired) electrons. The van der Waals surface area contributed by atoms with Gasteiger partial charge in [0.2, 0.25) is 0 Å². The van der Waals surface area contributed by atoms with E-state index in [1.807, 2.05) is 41.1 Å². The first-order chi connectivity index (χ1) is 18.6. The molecule has 4 heterocycles. The summed E-state index contributed by atoms with van der Waals surface area (Å²) in [4.78, 5) is 20.3. The molecule has 9 heteroatoms. The number of aryl methyl sites for hydroxylation is 1. The number of fused-ring (bicyclic) bond motifs is 1. The van der Waals surface area contributed by atoms with E-state index in [4.69, 9.17) is 4.74 Å². The van der Waals surface area contributed by atoms with Gasteiger partial charge in [0, 0.05) is 35.7 Å². The van der Waals surface area contributed by atoms with E-state index in [-0.39, 0.29) is 11.7 Å². The quantitative estimate of drug-likeness (QED) is 0.299. The van der Waals surface area contributed by atoms with Gasteiger partial charge in [0.1, 0.15) is 6.04 Å². The molecule has 0 spiro atoms. The van der Waals surface area contributed by atoms with Gasteiger partial charge in [-0.2, -0.15) is 0 Å². The van der Waals surface area contributed by atoms with E-state index in [2.05, 4.69) is 68.0 Å². The first kappa shape index (κ1) is 24.7. The molecule has 1 aliphatic heterocycles. The maximum Gasteiger partial charge on any atom is 0.253 e. The molecule has 0 amide bonds. The number of nitrogens with one attached hydrogen (secondary N) is 1. The molecule has 5 aromatic rings. The van der Waals surface area contributed by atoms with Crippen molar-refractivity contribution in [3.05, 3.63) is 110 Å². The number of H-pyrrole nitrogens is 1. The summed E-state index contributed by atoms with van der Waals surface area (Å²) in [6, 6.07) is 21.9. The van der Waals surface area contributed by atoms with E-state index in [1.165, 1.54) is 4.88 Å². The first-order valence-electron chi connectivity index (χ1n) is 13.0. The highest BCUT2D eigenvalue weighted by Crippen LogP contribution is 2.31. The van der Waals surface area contributed by atoms with Gasteiger partial charge in [-0.05, 0) is 70.8 Å². The molecule has 2 unspecified atom stereocenters. The summed E-state index contributed by atoms with van der Waals surface area (Å²) in [6.07, 6.45) is 2.14. The molecule has 1 fully saturated rings. The summed E-state index contributed by atoms with van der Waals surface area (Å²) in [7, 11) is 0. The van der Waals surface area contributed by atoms with Crippen molar-refractivity contribution in [1.29, 1.82) is 0 Å². The third-order valence-electron chi connectivity index (χ3n) is 7.07. The second-order valence-electron chi connectivity index (χ2n) is 9.87. The third kappa shape index (κ3) is 5.31. The van der Waals surface area contributed by atoms with Gasteiger partial charge in [0.05, 0.1) is 12.6 Å². The lowest BCUT2D eigenvalue weighted by Gasteiger charge is -2.32. The average Bonchev–Trinajstić information content (AvgIpc) is 3.70. The van der Waals surface area contributed by atoms with Crippen molar-refractivity contribution in [3.8, 4) is 0 Å². The number of ether oxygens (including phenoxy) is 1. The van der Waals surface area contributed by atoms with Crippen LogP contribution in [0.4, 0.5) is 0 Å². The van der Waals surface area contributed by atoms with Crippen LogP contribution in [0, 0.1) is 6.92 Å². The first-order valence-corrected chi connectivity index (χ1v) is 13.8. The summed E-state index contributed by atoms with van der Waals surface area (Å²) in [5.74, 6) is 0.640. The van der Waals surface area contributed by atoms with Crippen LogP contribution < -0.4 is 5.56 Å². The van der Waals surface area contributed by atoms with E-state index in [9.17, 15) is 4.79 Å². The number of nitrogens with zero attached hydrogens (tertiary/aromatic N) is 5. The fourth-order valence-corrected chi connectivity index (χ4v) is 5.96. The summed E-state index contributed by atoms with van der Waals surface area (Å²) in [5.41, 5.74) is 3.53. The average molecular weight is 527 g/mol. The molecule has 0 aliphatic carbocycles. The van der Waals surface area contributed by atoms with E-state index in [1.54, 1.807) is 11.3 Å². The number of thiophene rings is 1. The Labute approximate surface area is 224 Å². The van der Waals surface area contributed by atoms with Gasteiger partial charge in [0.15, 0.2) is 5.82 Å². The highest BCUT2D eigenvalue weighted by Gasteiger charge is 2.33. The van der Waals surface area contributed by atoms with Crippen LogP contribution in [0.5, 0.6) is 0 Å². The van der Waals surface area contributed by atoms with Gasteiger partial charge in [-0.25, -0.2) is 4.68 Å². The number of pyridine rings is 1. The van der Waals surface area contributed by atoms with E-state index in [0.717, 1.165) is 41.5 Å². The number of rotatable bonds is 9. The largest absolute Gasteiger partial charge is 0.377 e. The normalized spacial score (nSPS) is 16.4. The molecular weight excluding hydrogens is 496 g/mol. The van der Waals surface area contributed by atoms with Crippen LogP contribution in [-0.4, -0.2) is 49.3 Å². The fraction of sp³-hybridized carbons (Fsp3) is 0.310. The maximum atomic E-state index is 13.7. The van der Waals surface area contributed by atoms with Gasteiger partial charge in [-0.1, -0.05) is 48.0 Å². The molecule has 38 heavy (non-hydrogen) atoms. The molecule has 0 saturated carbocycles. The molecule has 3 aromatic heterocycles. The fourth-order valence-electron chi connectivity index (χ4n) is 5.24. The number of hydrogen-bond donors (Lipinski definition) is 1. The molecule has 8 nitrogen and oxygen atoms in total. The Hall–Kier alpha value is -3.66. The van der Waals surface area contributed by atoms with E-state index >= 15 is 0 Å². The zero-order chi connectivity index (χ0) is 25.9.